The second kappa shape index (κ2) is 13.7. The Morgan fingerprint density at radius 2 is 0.891 bits per heavy atom. The molecule has 2 aliphatic rings. The maximum Gasteiger partial charge on any atom is 0.513 e. The van der Waals surface area contributed by atoms with Crippen molar-refractivity contribution in [3.8, 4) is 0 Å². The second-order valence-corrected chi connectivity index (χ2v) is 11.8. The Labute approximate surface area is 267 Å². The monoisotopic (exact) mass is 640 g/mol. The van der Waals surface area contributed by atoms with Gasteiger partial charge in [0.1, 0.15) is 13.2 Å². The molecule has 2 saturated heterocycles. The molecule has 4 amide bonds. The Kier molecular flexibility index (Phi) is 10.3. The van der Waals surface area contributed by atoms with Gasteiger partial charge in [-0.25, -0.2) is 14.6 Å². The third-order valence-corrected chi connectivity index (χ3v) is 7.99. The zero-order chi connectivity index (χ0) is 33.8. The van der Waals surface area contributed by atoms with E-state index in [1.165, 1.54) is 14.2 Å². The fourth-order valence-corrected chi connectivity index (χ4v) is 5.14. The first kappa shape index (κ1) is 34.7. The number of carbonyl (C=O) groups is 5. The van der Waals surface area contributed by atoms with Crippen LogP contribution in [0.2, 0.25) is 0 Å². The van der Waals surface area contributed by atoms with Crippen molar-refractivity contribution >= 4 is 29.8 Å². The van der Waals surface area contributed by atoms with Gasteiger partial charge in [0.05, 0.1) is 0 Å². The second-order valence-electron chi connectivity index (χ2n) is 11.8. The lowest BCUT2D eigenvalue weighted by Gasteiger charge is -2.43. The number of nitrogens with zero attached hydrogens (tertiary/aromatic N) is 2. The van der Waals surface area contributed by atoms with Crippen LogP contribution >= 0.6 is 0 Å². The lowest BCUT2D eigenvalue weighted by atomic mass is 10.0. The van der Waals surface area contributed by atoms with E-state index in [1.807, 2.05) is 0 Å². The molecule has 0 spiro atoms. The molecule has 0 aliphatic carbocycles. The number of benzene rings is 2. The molecule has 0 saturated carbocycles. The van der Waals surface area contributed by atoms with Gasteiger partial charge in [-0.2, -0.15) is 0 Å². The summed E-state index contributed by atoms with van der Waals surface area (Å²) in [5, 5.41) is 0. The first-order valence-corrected chi connectivity index (χ1v) is 14.8. The highest BCUT2D eigenvalue weighted by molar-refractivity contribution is 6.03. The van der Waals surface area contributed by atoms with E-state index in [9.17, 15) is 24.0 Å². The average molecular weight is 641 g/mol. The smallest absolute Gasteiger partial charge is 0.400 e. The van der Waals surface area contributed by atoms with Gasteiger partial charge in [0, 0.05) is 51.0 Å². The normalized spacial score (nSPS) is 18.5. The lowest BCUT2D eigenvalue weighted by Crippen LogP contribution is -2.59. The van der Waals surface area contributed by atoms with Gasteiger partial charge >= 0.3 is 6.16 Å². The third-order valence-electron chi connectivity index (χ3n) is 7.99. The number of ether oxygens (including phenoxy) is 6. The molecule has 2 aromatic rings. The number of amides is 4. The Bertz CT molecular complexity index is 1310. The SMILES string of the molecule is COC(C)(C)OC[C@@](OC(=O)O[C@](COC(C)(C)OC)(c1ccccc1)N1C(=O)CCC1=O)(c1ccccc1)N1C(=O)CCC1=O. The van der Waals surface area contributed by atoms with Crippen LogP contribution in [0.25, 0.3) is 0 Å². The summed E-state index contributed by atoms with van der Waals surface area (Å²) in [4.78, 5) is 69.1. The highest BCUT2D eigenvalue weighted by atomic mass is 16.8. The highest BCUT2D eigenvalue weighted by Gasteiger charge is 2.56. The first-order chi connectivity index (χ1) is 21.7. The largest absolute Gasteiger partial charge is 0.513 e. The summed E-state index contributed by atoms with van der Waals surface area (Å²) in [6.45, 7) is 5.33. The van der Waals surface area contributed by atoms with Crippen molar-refractivity contribution in [3.63, 3.8) is 0 Å². The molecule has 46 heavy (non-hydrogen) atoms. The summed E-state index contributed by atoms with van der Waals surface area (Å²) < 4.78 is 34.9. The standard InChI is InChI=1S/C33H40N2O11/c1-30(2,41-5)43-21-32(23-13-9-7-10-14-23,34-25(36)17-18-26(34)37)45-29(40)46-33(22-44-31(3,4)42-6,24-15-11-8-12-16-24)35-27(38)19-20-28(35)39/h7-16H,17-22H2,1-6H3/t32-,33-/m1/s1. The minimum Gasteiger partial charge on any atom is -0.400 e. The minimum absolute atomic E-state index is 0.121. The molecule has 0 bridgehead atoms. The predicted octanol–water partition coefficient (Wildman–Crippen LogP) is 3.94. The number of hydrogen-bond donors (Lipinski definition) is 0. The number of rotatable bonds is 14. The van der Waals surface area contributed by atoms with Gasteiger partial charge in [-0.15, -0.1) is 0 Å². The third kappa shape index (κ3) is 7.12. The van der Waals surface area contributed by atoms with Crippen molar-refractivity contribution in [1.82, 2.24) is 9.80 Å². The molecule has 2 fully saturated rings. The summed E-state index contributed by atoms with van der Waals surface area (Å²) in [6.07, 6.45) is -1.91. The molecular formula is C33H40N2O11. The van der Waals surface area contributed by atoms with Crippen molar-refractivity contribution in [2.24, 2.45) is 0 Å². The molecule has 2 heterocycles. The van der Waals surface area contributed by atoms with Crippen molar-refractivity contribution in [3.05, 3.63) is 71.8 Å². The van der Waals surface area contributed by atoms with Crippen molar-refractivity contribution < 1.29 is 52.4 Å². The van der Waals surface area contributed by atoms with Gasteiger partial charge in [0.15, 0.2) is 11.6 Å². The zero-order valence-electron chi connectivity index (χ0n) is 26.9. The maximum absolute atomic E-state index is 14.2. The van der Waals surface area contributed by atoms with Crippen LogP contribution < -0.4 is 0 Å². The Morgan fingerprint density at radius 3 is 1.17 bits per heavy atom. The summed E-state index contributed by atoms with van der Waals surface area (Å²) in [7, 11) is 2.82. The van der Waals surface area contributed by atoms with E-state index in [0.29, 0.717) is 0 Å². The molecule has 0 radical (unpaired) electrons. The molecule has 2 aromatic carbocycles. The van der Waals surface area contributed by atoms with Crippen LogP contribution in [-0.2, 0) is 59.0 Å². The highest BCUT2D eigenvalue weighted by Crippen LogP contribution is 2.40. The van der Waals surface area contributed by atoms with Crippen LogP contribution in [0.1, 0.15) is 64.5 Å². The van der Waals surface area contributed by atoms with E-state index in [-0.39, 0.29) is 36.8 Å². The molecule has 0 aromatic heterocycles. The molecule has 13 nitrogen and oxygen atoms in total. The number of hydrogen-bond acceptors (Lipinski definition) is 11. The quantitative estimate of drug-likeness (QED) is 0.168. The lowest BCUT2D eigenvalue weighted by molar-refractivity contribution is -0.266. The molecule has 248 valence electrons. The number of likely N-dealkylation sites (tertiary alicyclic amines) is 2. The Hall–Kier alpha value is -4.17. The van der Waals surface area contributed by atoms with Crippen molar-refractivity contribution in [1.29, 1.82) is 0 Å². The van der Waals surface area contributed by atoms with Gasteiger partial charge in [0.25, 0.3) is 0 Å². The van der Waals surface area contributed by atoms with Crippen LogP contribution in [0.4, 0.5) is 4.79 Å². The topological polar surface area (TPSA) is 147 Å². The number of imide groups is 2. The number of methoxy groups -OCH3 is 2. The molecule has 2 atom stereocenters. The fourth-order valence-electron chi connectivity index (χ4n) is 5.14. The van der Waals surface area contributed by atoms with Crippen LogP contribution in [-0.4, -0.2) is 78.6 Å². The Morgan fingerprint density at radius 1 is 0.587 bits per heavy atom. The van der Waals surface area contributed by atoms with Gasteiger partial charge in [0.2, 0.25) is 35.1 Å². The molecule has 13 heteroatoms. The predicted molar refractivity (Wildman–Crippen MR) is 160 cm³/mol. The van der Waals surface area contributed by atoms with Crippen LogP contribution in [0.3, 0.4) is 0 Å². The first-order valence-electron chi connectivity index (χ1n) is 14.8. The summed E-state index contributed by atoms with van der Waals surface area (Å²) >= 11 is 0. The van der Waals surface area contributed by atoms with Crippen molar-refractivity contribution in [2.75, 3.05) is 27.4 Å². The van der Waals surface area contributed by atoms with E-state index < -0.39 is 66.0 Å². The van der Waals surface area contributed by atoms with E-state index in [1.54, 1.807) is 88.4 Å². The van der Waals surface area contributed by atoms with E-state index in [2.05, 4.69) is 0 Å². The zero-order valence-corrected chi connectivity index (χ0v) is 26.9. The number of carbonyl (C=O) groups excluding carboxylic acids is 5. The van der Waals surface area contributed by atoms with E-state index in [4.69, 9.17) is 28.4 Å². The van der Waals surface area contributed by atoms with Gasteiger partial charge < -0.3 is 28.4 Å². The van der Waals surface area contributed by atoms with Crippen LogP contribution in [0.15, 0.2) is 60.7 Å². The van der Waals surface area contributed by atoms with Crippen LogP contribution in [0, 0.1) is 0 Å². The molecule has 0 unspecified atom stereocenters. The summed E-state index contributed by atoms with van der Waals surface area (Å²) in [5.74, 6) is -4.90. The van der Waals surface area contributed by atoms with E-state index in [0.717, 1.165) is 9.80 Å². The minimum atomic E-state index is -2.17. The van der Waals surface area contributed by atoms with Gasteiger partial charge in [-0.3, -0.25) is 19.2 Å². The van der Waals surface area contributed by atoms with Gasteiger partial charge in [-0.1, -0.05) is 60.7 Å². The average Bonchev–Trinajstić information content (AvgIpc) is 3.57. The molecule has 0 N–H and O–H groups in total. The summed E-state index contributed by atoms with van der Waals surface area (Å²) in [5.41, 5.74) is -3.91. The van der Waals surface area contributed by atoms with Gasteiger partial charge in [-0.05, 0) is 27.7 Å². The Balaban J connectivity index is 1.87. The van der Waals surface area contributed by atoms with E-state index >= 15 is 0 Å². The van der Waals surface area contributed by atoms with Crippen molar-refractivity contribution in [2.45, 2.75) is 76.4 Å². The maximum atomic E-state index is 14.2. The van der Waals surface area contributed by atoms with Crippen LogP contribution in [0.5, 0.6) is 0 Å². The molecular weight excluding hydrogens is 600 g/mol. The molecule has 4 rings (SSSR count). The fraction of sp³-hybridized carbons (Fsp3) is 0.485. The molecule has 2 aliphatic heterocycles. The summed E-state index contributed by atoms with van der Waals surface area (Å²) in [6, 6.07) is 16.2.